The number of nitrogens with one attached hydrogen (secondary N) is 2. The van der Waals surface area contributed by atoms with Gasteiger partial charge in [-0.3, -0.25) is 19.2 Å². The molecular formula is C44H80N6O8S2. The molecule has 0 aliphatic rings. The Morgan fingerprint density at radius 3 is 1.07 bits per heavy atom. The van der Waals surface area contributed by atoms with Crippen LogP contribution in [0, 0.1) is 22.7 Å². The van der Waals surface area contributed by atoms with E-state index in [1.54, 1.807) is 63.7 Å². The highest BCUT2D eigenvalue weighted by molar-refractivity contribution is 8.77. The lowest BCUT2D eigenvalue weighted by atomic mass is 9.84. The lowest BCUT2D eigenvalue weighted by Crippen LogP contribution is -2.61. The summed E-state index contributed by atoms with van der Waals surface area (Å²) in [5.41, 5.74) is 12.6. The zero-order valence-electron chi connectivity index (χ0n) is 40.3. The van der Waals surface area contributed by atoms with E-state index in [-0.39, 0.29) is 36.9 Å². The molecule has 14 nitrogen and oxygen atoms in total. The first-order valence-electron chi connectivity index (χ1n) is 20.8. The van der Waals surface area contributed by atoms with Crippen LogP contribution in [0.4, 0.5) is 0 Å². The molecule has 0 bridgehead atoms. The van der Waals surface area contributed by atoms with E-state index in [4.69, 9.17) is 20.9 Å². The maximum atomic E-state index is 14.1. The van der Waals surface area contributed by atoms with Crippen molar-refractivity contribution in [2.75, 3.05) is 27.3 Å². The minimum Gasteiger partial charge on any atom is -0.463 e. The highest BCUT2D eigenvalue weighted by atomic mass is 33.1. The highest BCUT2D eigenvalue weighted by Gasteiger charge is 2.44. The highest BCUT2D eigenvalue weighted by Crippen LogP contribution is 2.46. The van der Waals surface area contributed by atoms with Crippen LogP contribution in [0.25, 0.3) is 0 Å². The van der Waals surface area contributed by atoms with E-state index in [2.05, 4.69) is 10.6 Å². The minimum atomic E-state index is -1.08. The molecule has 0 aromatic carbocycles. The minimum absolute atomic E-state index is 0.0553. The maximum absolute atomic E-state index is 14.1. The molecule has 6 N–H and O–H groups in total. The van der Waals surface area contributed by atoms with Gasteiger partial charge in [-0.05, 0) is 78.1 Å². The largest absolute Gasteiger partial charge is 0.463 e. The quantitative estimate of drug-likeness (QED) is 0.0630. The fourth-order valence-corrected chi connectivity index (χ4v) is 8.82. The fraction of sp³-hybridized carbons (Fsp3) is 0.773. The van der Waals surface area contributed by atoms with E-state index in [0.717, 1.165) is 0 Å². The van der Waals surface area contributed by atoms with Gasteiger partial charge in [0, 0.05) is 34.7 Å². The van der Waals surface area contributed by atoms with Crippen LogP contribution >= 0.6 is 21.6 Å². The van der Waals surface area contributed by atoms with Gasteiger partial charge in [-0.25, -0.2) is 9.59 Å². The molecule has 0 saturated heterocycles. The average molecular weight is 885 g/mol. The van der Waals surface area contributed by atoms with Crippen molar-refractivity contribution >= 4 is 57.2 Å². The number of nitrogens with zero attached hydrogens (tertiary/aromatic N) is 2. The predicted molar refractivity (Wildman–Crippen MR) is 246 cm³/mol. The zero-order valence-corrected chi connectivity index (χ0v) is 42.0. The summed E-state index contributed by atoms with van der Waals surface area (Å²) in [6.45, 7) is 33.3. The standard InChI is InChI=1S/C44H80N6O8S2/c1-21-57-39(55)27(7)23-29(25(3)4)49(19)37(53)33(41(9,10)11)47-35(51)31(45)43(15,16)59-60-44(17,18)32(46)36(52)48-34(42(12,13)14)38(54)50(20)30(26(5)6)24-28(8)40(56)58-22-2/h23-26,29-34H,21-22,45-46H2,1-20H3,(H,47,51)(H,48,52)/b27-23+,28-24+/t29-,30-,31-,32?,33-,34-/m1/s1. The average Bonchev–Trinajstić information content (AvgIpc) is 3.13. The second-order valence-corrected chi connectivity index (χ2v) is 22.9. The van der Waals surface area contributed by atoms with Crippen molar-refractivity contribution in [1.29, 1.82) is 0 Å². The molecule has 346 valence electrons. The van der Waals surface area contributed by atoms with Crippen LogP contribution < -0.4 is 22.1 Å². The fourth-order valence-electron chi connectivity index (χ4n) is 6.05. The summed E-state index contributed by atoms with van der Waals surface area (Å²) in [5, 5.41) is 5.84. The lowest BCUT2D eigenvalue weighted by molar-refractivity contribution is -0.141. The van der Waals surface area contributed by atoms with Crippen molar-refractivity contribution in [2.24, 2.45) is 34.1 Å². The Kier molecular flexibility index (Phi) is 22.2. The molecule has 0 aromatic heterocycles. The van der Waals surface area contributed by atoms with Gasteiger partial charge in [-0.2, -0.15) is 0 Å². The molecule has 1 unspecified atom stereocenters. The predicted octanol–water partition coefficient (Wildman–Crippen LogP) is 5.63. The number of rotatable bonds is 21. The molecule has 6 atom stereocenters. The van der Waals surface area contributed by atoms with Crippen molar-refractivity contribution in [3.8, 4) is 0 Å². The molecule has 0 aliphatic heterocycles. The van der Waals surface area contributed by atoms with Gasteiger partial charge >= 0.3 is 11.9 Å². The summed E-state index contributed by atoms with van der Waals surface area (Å²) >= 11 is 0. The summed E-state index contributed by atoms with van der Waals surface area (Å²) in [7, 11) is 5.90. The van der Waals surface area contributed by atoms with Crippen LogP contribution in [-0.4, -0.2) is 118 Å². The molecule has 0 fully saturated rings. The molecule has 4 amide bonds. The van der Waals surface area contributed by atoms with Crippen molar-refractivity contribution < 1.29 is 38.2 Å². The first-order valence-corrected chi connectivity index (χ1v) is 23.0. The second kappa shape index (κ2) is 23.4. The van der Waals surface area contributed by atoms with Gasteiger partial charge < -0.3 is 41.4 Å². The zero-order chi connectivity index (χ0) is 47.5. The SMILES string of the molecule is CCOC(=O)/C(C)=C/[C@H](C(C)C)N(C)C(=O)[C@@H](NC(=O)C(N)C(C)(C)SSC(C)(C)[C@H](N)C(=O)N[C@H](C(=O)N(C)[C@H](/C=C(\C)C(=O)OCC)C(C)C)C(C)(C)C)C(C)(C)C. The molecule has 0 rings (SSSR count). The third-order valence-corrected chi connectivity index (χ3v) is 14.6. The Morgan fingerprint density at radius 2 is 0.850 bits per heavy atom. The lowest BCUT2D eigenvalue weighted by Gasteiger charge is -2.40. The van der Waals surface area contributed by atoms with Crippen LogP contribution in [0.2, 0.25) is 0 Å². The van der Waals surface area contributed by atoms with Gasteiger partial charge in [-0.1, -0.05) is 103 Å². The molecule has 0 saturated carbocycles. The third-order valence-electron chi connectivity index (χ3n) is 10.3. The summed E-state index contributed by atoms with van der Waals surface area (Å²) in [4.78, 5) is 83.8. The molecule has 0 spiro atoms. The number of esters is 2. The number of ether oxygens (including phenoxy) is 2. The van der Waals surface area contributed by atoms with E-state index in [9.17, 15) is 28.8 Å². The van der Waals surface area contributed by atoms with Gasteiger partial charge in [0.1, 0.15) is 12.1 Å². The smallest absolute Gasteiger partial charge is 0.333 e. The van der Waals surface area contributed by atoms with Crippen LogP contribution in [0.5, 0.6) is 0 Å². The Hall–Kier alpha value is -3.08. The first-order chi connectivity index (χ1) is 27.1. The number of likely N-dealkylation sites (N-methyl/N-ethyl adjacent to an activating group) is 2. The van der Waals surface area contributed by atoms with Crippen molar-refractivity contribution in [3.05, 3.63) is 23.3 Å². The Morgan fingerprint density at radius 1 is 0.583 bits per heavy atom. The molecule has 0 aliphatic carbocycles. The van der Waals surface area contributed by atoms with Crippen molar-refractivity contribution in [3.63, 3.8) is 0 Å². The van der Waals surface area contributed by atoms with Crippen molar-refractivity contribution in [1.82, 2.24) is 20.4 Å². The van der Waals surface area contributed by atoms with Gasteiger partial charge in [0.2, 0.25) is 23.6 Å². The van der Waals surface area contributed by atoms with E-state index in [1.807, 2.05) is 96.9 Å². The van der Waals surface area contributed by atoms with Crippen molar-refractivity contribution in [2.45, 2.75) is 170 Å². The van der Waals surface area contributed by atoms with E-state index in [0.29, 0.717) is 11.1 Å². The molecule has 0 heterocycles. The molecule has 0 aromatic rings. The monoisotopic (exact) mass is 885 g/mol. The number of hydrogen-bond donors (Lipinski definition) is 4. The number of carbonyl (C=O) groups is 6. The number of nitrogens with two attached hydrogens (primary N) is 2. The molecule has 16 heteroatoms. The summed E-state index contributed by atoms with van der Waals surface area (Å²) < 4.78 is 8.46. The maximum Gasteiger partial charge on any atom is 0.333 e. The normalized spacial score (nSPS) is 16.3. The first kappa shape index (κ1) is 56.9. The summed E-state index contributed by atoms with van der Waals surface area (Å²) in [5.74, 6) is -2.77. The summed E-state index contributed by atoms with van der Waals surface area (Å²) in [6.07, 6.45) is 3.43. The number of carbonyl (C=O) groups excluding carboxylic acids is 6. The number of amides is 4. The van der Waals surface area contributed by atoms with E-state index < -0.39 is 80.3 Å². The molecule has 0 radical (unpaired) electrons. The molecule has 60 heavy (non-hydrogen) atoms. The van der Waals surface area contributed by atoms with Crippen LogP contribution in [0.15, 0.2) is 23.3 Å². The van der Waals surface area contributed by atoms with Gasteiger partial charge in [0.15, 0.2) is 0 Å². The van der Waals surface area contributed by atoms with E-state index >= 15 is 0 Å². The second-order valence-electron chi connectivity index (χ2n) is 19.5. The topological polar surface area (TPSA) is 203 Å². The van der Waals surface area contributed by atoms with Crippen LogP contribution in [0.3, 0.4) is 0 Å². The molecular weight excluding hydrogens is 805 g/mol. The van der Waals surface area contributed by atoms with Crippen LogP contribution in [-0.2, 0) is 38.2 Å². The Bertz CT molecular complexity index is 1450. The number of hydrogen-bond acceptors (Lipinski definition) is 12. The Labute approximate surface area is 369 Å². The van der Waals surface area contributed by atoms with Gasteiger partial charge in [0.25, 0.3) is 0 Å². The third kappa shape index (κ3) is 16.7. The Balaban J connectivity index is 6.20. The van der Waals surface area contributed by atoms with Gasteiger partial charge in [0.05, 0.1) is 37.4 Å². The van der Waals surface area contributed by atoms with Gasteiger partial charge in [-0.15, -0.1) is 0 Å². The summed E-state index contributed by atoms with van der Waals surface area (Å²) in [6, 6.07) is -4.98. The van der Waals surface area contributed by atoms with Crippen LogP contribution in [0.1, 0.15) is 125 Å². The van der Waals surface area contributed by atoms with E-state index in [1.165, 1.54) is 21.6 Å².